The predicted molar refractivity (Wildman–Crippen MR) is 128 cm³/mol. The zero-order valence-corrected chi connectivity index (χ0v) is 21.1. The van der Waals surface area contributed by atoms with E-state index in [2.05, 4.69) is 34.6 Å². The van der Waals surface area contributed by atoms with Crippen molar-refractivity contribution in [3.8, 4) is 0 Å². The largest absolute Gasteiger partial charge is 0.382 e. The molecule has 1 aliphatic rings. The van der Waals surface area contributed by atoms with Gasteiger partial charge in [-0.25, -0.2) is 4.98 Å². The van der Waals surface area contributed by atoms with Gasteiger partial charge in [0.1, 0.15) is 11.1 Å². The number of methoxy groups -OCH3 is 1. The van der Waals surface area contributed by atoms with Crippen molar-refractivity contribution in [2.24, 2.45) is 10.4 Å². The Morgan fingerprint density at radius 1 is 1.43 bits per heavy atom. The van der Waals surface area contributed by atoms with Crippen LogP contribution in [0.5, 0.6) is 0 Å². The number of aromatic nitrogens is 1. The van der Waals surface area contributed by atoms with E-state index in [1.54, 1.807) is 18.4 Å². The van der Waals surface area contributed by atoms with E-state index in [9.17, 15) is 0 Å². The molecule has 162 valence electrons. The summed E-state index contributed by atoms with van der Waals surface area (Å²) in [6, 6.07) is 0. The molecule has 1 atom stereocenters. The third-order valence-corrected chi connectivity index (χ3v) is 6.56. The Kier molecular flexibility index (Phi) is 11.9. The average Bonchev–Trinajstić information content (AvgIpc) is 3.32. The van der Waals surface area contributed by atoms with E-state index in [0.29, 0.717) is 5.41 Å². The minimum Gasteiger partial charge on any atom is -0.382 e. The van der Waals surface area contributed by atoms with Gasteiger partial charge in [-0.2, -0.15) is 0 Å². The van der Waals surface area contributed by atoms with Crippen LogP contribution in [0, 0.1) is 5.41 Å². The summed E-state index contributed by atoms with van der Waals surface area (Å²) in [6.45, 7) is 7.43. The summed E-state index contributed by atoms with van der Waals surface area (Å²) in [4.78, 5) is 11.3. The highest BCUT2D eigenvalue weighted by Gasteiger charge is 2.33. The number of nitrogens with one attached hydrogen (secondary N) is 1. The molecular weight excluding hydrogens is 487 g/mol. The standard InChI is InChI=1S/C20H36N4O2S.HI/c1-6-26-12-11-20(9-7-8-10-20)15-22-19(21-3)24(4)13-17-14-27-18(23-17)16(2)25-5;/h14,16H,6-13,15H2,1-5H3,(H,21,22);1H. The van der Waals surface area contributed by atoms with Crippen molar-refractivity contribution in [3.63, 3.8) is 0 Å². The van der Waals surface area contributed by atoms with Gasteiger partial charge in [0.2, 0.25) is 0 Å². The SMILES string of the molecule is CCOCCC1(CNC(=NC)N(C)Cc2csc(C(C)OC)n2)CCCC1.I. The lowest BCUT2D eigenvalue weighted by Crippen LogP contribution is -2.44. The van der Waals surface area contributed by atoms with E-state index in [4.69, 9.17) is 14.5 Å². The van der Waals surface area contributed by atoms with Gasteiger partial charge in [0.05, 0.1) is 12.2 Å². The lowest BCUT2D eigenvalue weighted by Gasteiger charge is -2.31. The zero-order valence-electron chi connectivity index (χ0n) is 18.0. The Hall–Kier alpha value is -0.450. The number of rotatable bonds is 10. The fraction of sp³-hybridized carbons (Fsp3) is 0.800. The van der Waals surface area contributed by atoms with E-state index in [1.165, 1.54) is 25.7 Å². The minimum atomic E-state index is 0. The van der Waals surface area contributed by atoms with Crippen molar-refractivity contribution < 1.29 is 9.47 Å². The fourth-order valence-electron chi connectivity index (χ4n) is 3.73. The molecule has 1 heterocycles. The van der Waals surface area contributed by atoms with Crippen LogP contribution in [0.1, 0.15) is 62.8 Å². The van der Waals surface area contributed by atoms with Crippen LogP contribution < -0.4 is 5.32 Å². The third kappa shape index (κ3) is 7.42. The van der Waals surface area contributed by atoms with Crippen LogP contribution in [-0.2, 0) is 16.0 Å². The molecule has 1 aromatic rings. The van der Waals surface area contributed by atoms with Crippen molar-refractivity contribution in [2.45, 2.75) is 58.6 Å². The molecule has 0 aliphatic heterocycles. The lowest BCUT2D eigenvalue weighted by molar-refractivity contribution is 0.104. The molecule has 0 saturated heterocycles. The molecule has 0 radical (unpaired) electrons. The zero-order chi connectivity index (χ0) is 19.7. The molecule has 0 aromatic carbocycles. The molecule has 1 saturated carbocycles. The second-order valence-electron chi connectivity index (χ2n) is 7.47. The first-order valence-electron chi connectivity index (χ1n) is 10.00. The second-order valence-corrected chi connectivity index (χ2v) is 8.36. The summed E-state index contributed by atoms with van der Waals surface area (Å²) in [5, 5.41) is 6.74. The van der Waals surface area contributed by atoms with Crippen LogP contribution in [0.15, 0.2) is 10.4 Å². The number of hydrogen-bond donors (Lipinski definition) is 1. The summed E-state index contributed by atoms with van der Waals surface area (Å²) in [6.07, 6.45) is 6.36. The number of aliphatic imine (C=N–C) groups is 1. The van der Waals surface area contributed by atoms with Gasteiger partial charge in [0, 0.05) is 46.3 Å². The van der Waals surface area contributed by atoms with Crippen LogP contribution in [0.25, 0.3) is 0 Å². The fourth-order valence-corrected chi connectivity index (χ4v) is 4.57. The number of guanidine groups is 1. The molecule has 1 aromatic heterocycles. The number of thiazole rings is 1. The smallest absolute Gasteiger partial charge is 0.193 e. The van der Waals surface area contributed by atoms with Crippen molar-refractivity contribution in [3.05, 3.63) is 16.1 Å². The minimum absolute atomic E-state index is 0. The normalized spacial score (nSPS) is 17.2. The maximum Gasteiger partial charge on any atom is 0.193 e. The molecule has 6 nitrogen and oxygen atoms in total. The van der Waals surface area contributed by atoms with Gasteiger partial charge in [-0.05, 0) is 38.5 Å². The molecule has 28 heavy (non-hydrogen) atoms. The molecule has 0 bridgehead atoms. The molecule has 1 aliphatic carbocycles. The van der Waals surface area contributed by atoms with Crippen LogP contribution in [0.4, 0.5) is 0 Å². The third-order valence-electron chi connectivity index (χ3n) is 5.51. The highest BCUT2D eigenvalue weighted by Crippen LogP contribution is 2.40. The van der Waals surface area contributed by atoms with Crippen molar-refractivity contribution in [1.82, 2.24) is 15.2 Å². The summed E-state index contributed by atoms with van der Waals surface area (Å²) >= 11 is 1.65. The van der Waals surface area contributed by atoms with E-state index < -0.39 is 0 Å². The number of nitrogens with zero attached hydrogens (tertiary/aromatic N) is 3. The first kappa shape index (κ1) is 25.6. The summed E-state index contributed by atoms with van der Waals surface area (Å²) in [5.41, 5.74) is 1.39. The summed E-state index contributed by atoms with van der Waals surface area (Å²) < 4.78 is 11.0. The second kappa shape index (κ2) is 13.0. The Morgan fingerprint density at radius 3 is 2.75 bits per heavy atom. The highest BCUT2D eigenvalue weighted by molar-refractivity contribution is 14.0. The van der Waals surface area contributed by atoms with E-state index in [-0.39, 0.29) is 30.1 Å². The van der Waals surface area contributed by atoms with E-state index in [0.717, 1.165) is 49.4 Å². The topological polar surface area (TPSA) is 59.0 Å². The molecule has 2 rings (SSSR count). The molecule has 0 amide bonds. The molecule has 1 fully saturated rings. The summed E-state index contributed by atoms with van der Waals surface area (Å²) in [7, 11) is 5.63. The highest BCUT2D eigenvalue weighted by atomic mass is 127. The van der Waals surface area contributed by atoms with Gasteiger partial charge >= 0.3 is 0 Å². The Morgan fingerprint density at radius 2 is 2.14 bits per heavy atom. The maximum atomic E-state index is 5.63. The first-order valence-corrected chi connectivity index (χ1v) is 10.9. The number of hydrogen-bond acceptors (Lipinski definition) is 5. The van der Waals surface area contributed by atoms with Gasteiger partial charge in [0.25, 0.3) is 0 Å². The Balaban J connectivity index is 0.00000392. The molecule has 8 heteroatoms. The average molecular weight is 525 g/mol. The molecule has 1 unspecified atom stereocenters. The van der Waals surface area contributed by atoms with Crippen molar-refractivity contribution in [1.29, 1.82) is 0 Å². The molecule has 1 N–H and O–H groups in total. The Bertz CT molecular complexity index is 591. The summed E-state index contributed by atoms with van der Waals surface area (Å²) in [5.74, 6) is 0.923. The first-order chi connectivity index (χ1) is 13.0. The number of ether oxygens (including phenoxy) is 2. The van der Waals surface area contributed by atoms with Gasteiger partial charge in [0.15, 0.2) is 5.96 Å². The van der Waals surface area contributed by atoms with Crippen LogP contribution in [0.3, 0.4) is 0 Å². The van der Waals surface area contributed by atoms with Crippen LogP contribution in [-0.4, -0.2) is 56.8 Å². The molecular formula is C20H37IN4O2S. The maximum absolute atomic E-state index is 5.63. The predicted octanol–water partition coefficient (Wildman–Crippen LogP) is 4.46. The van der Waals surface area contributed by atoms with Gasteiger partial charge in [-0.3, -0.25) is 4.99 Å². The van der Waals surface area contributed by atoms with E-state index >= 15 is 0 Å². The van der Waals surface area contributed by atoms with Gasteiger partial charge < -0.3 is 19.7 Å². The molecule has 0 spiro atoms. The van der Waals surface area contributed by atoms with Gasteiger partial charge in [-0.1, -0.05) is 12.8 Å². The van der Waals surface area contributed by atoms with Crippen molar-refractivity contribution >= 4 is 41.3 Å². The van der Waals surface area contributed by atoms with Crippen molar-refractivity contribution in [2.75, 3.05) is 41.0 Å². The van der Waals surface area contributed by atoms with Crippen LogP contribution >= 0.6 is 35.3 Å². The quantitative estimate of drug-likeness (QED) is 0.212. The van der Waals surface area contributed by atoms with E-state index in [1.807, 2.05) is 14.0 Å². The monoisotopic (exact) mass is 524 g/mol. The Labute approximate surface area is 191 Å². The van der Waals surface area contributed by atoms with Gasteiger partial charge in [-0.15, -0.1) is 35.3 Å². The number of halogens is 1. The lowest BCUT2D eigenvalue weighted by atomic mass is 9.83. The van der Waals surface area contributed by atoms with Crippen LogP contribution in [0.2, 0.25) is 0 Å².